The van der Waals surface area contributed by atoms with Crippen LogP contribution in [0, 0.1) is 23.4 Å². The van der Waals surface area contributed by atoms with Crippen LogP contribution < -0.4 is 10.4 Å². The van der Waals surface area contributed by atoms with Crippen molar-refractivity contribution < 1.29 is 22.3 Å². The number of hydrogen-bond acceptors (Lipinski definition) is 4. The molecule has 1 fully saturated rings. The number of ether oxygens (including phenoxy) is 1. The summed E-state index contributed by atoms with van der Waals surface area (Å²) in [6.07, 6.45) is 2.53. The Labute approximate surface area is 167 Å². The maximum absolute atomic E-state index is 13.7. The summed E-state index contributed by atoms with van der Waals surface area (Å²) in [5.74, 6) is -2.74. The summed E-state index contributed by atoms with van der Waals surface area (Å²) in [7, 11) is 0. The van der Waals surface area contributed by atoms with Crippen molar-refractivity contribution in [2.75, 3.05) is 0 Å². The number of aryl methyl sites for hydroxylation is 1. The van der Waals surface area contributed by atoms with Crippen molar-refractivity contribution in [2.45, 2.75) is 43.9 Å². The molecule has 1 saturated carbocycles. The van der Waals surface area contributed by atoms with Gasteiger partial charge in [0.2, 0.25) is 5.95 Å². The van der Waals surface area contributed by atoms with Crippen molar-refractivity contribution in [3.05, 3.63) is 75.7 Å². The lowest BCUT2D eigenvalue weighted by Crippen LogP contribution is -2.41. The van der Waals surface area contributed by atoms with Gasteiger partial charge in [0.15, 0.2) is 11.6 Å². The fourth-order valence-electron chi connectivity index (χ4n) is 4.13. The van der Waals surface area contributed by atoms with E-state index in [1.165, 1.54) is 21.4 Å². The van der Waals surface area contributed by atoms with Gasteiger partial charge in [-0.3, -0.25) is 4.57 Å². The lowest BCUT2D eigenvalue weighted by atomic mass is 9.89. The molecule has 3 aromatic rings. The lowest BCUT2D eigenvalue weighted by molar-refractivity contribution is 0.0584. The summed E-state index contributed by atoms with van der Waals surface area (Å²) >= 11 is 0. The highest BCUT2D eigenvalue weighted by Crippen LogP contribution is 2.36. The van der Waals surface area contributed by atoms with Gasteiger partial charge in [0, 0.05) is 31.4 Å². The van der Waals surface area contributed by atoms with Gasteiger partial charge in [0.1, 0.15) is 23.6 Å². The minimum absolute atomic E-state index is 0.146. The molecule has 0 unspecified atom stereocenters. The molecule has 1 atom stereocenters. The van der Waals surface area contributed by atoms with Crippen molar-refractivity contribution in [1.82, 2.24) is 19.3 Å². The second-order valence-electron chi connectivity index (χ2n) is 7.57. The van der Waals surface area contributed by atoms with Crippen LogP contribution in [0.4, 0.5) is 17.6 Å². The highest BCUT2D eigenvalue weighted by molar-refractivity contribution is 5.25. The van der Waals surface area contributed by atoms with Crippen LogP contribution in [0.15, 0.2) is 35.3 Å². The van der Waals surface area contributed by atoms with Gasteiger partial charge < -0.3 is 4.74 Å². The van der Waals surface area contributed by atoms with Gasteiger partial charge in [0.05, 0.1) is 18.3 Å². The van der Waals surface area contributed by atoms with Crippen molar-refractivity contribution in [1.29, 1.82) is 0 Å². The van der Waals surface area contributed by atoms with Crippen LogP contribution in [0.2, 0.25) is 0 Å². The average Bonchev–Trinajstić information content (AvgIpc) is 3.19. The Balaban J connectivity index is 1.33. The van der Waals surface area contributed by atoms with Crippen molar-refractivity contribution in [3.63, 3.8) is 0 Å². The number of benzene rings is 1. The first-order valence-electron chi connectivity index (χ1n) is 9.52. The van der Waals surface area contributed by atoms with Crippen LogP contribution in [-0.4, -0.2) is 25.4 Å². The van der Waals surface area contributed by atoms with E-state index in [9.17, 15) is 22.4 Å². The number of pyridine rings is 1. The molecule has 6 nitrogen and oxygen atoms in total. The Hall–Kier alpha value is -3.17. The molecular formula is C20H16F4N4O2. The average molecular weight is 420 g/mol. The maximum Gasteiger partial charge on any atom is 0.346 e. The zero-order valence-electron chi connectivity index (χ0n) is 15.6. The summed E-state index contributed by atoms with van der Waals surface area (Å²) in [5, 5.41) is 4.39. The molecule has 2 aromatic heterocycles. The summed E-state index contributed by atoms with van der Waals surface area (Å²) in [5.41, 5.74) is 0.0391. The monoisotopic (exact) mass is 420 g/mol. The molecule has 1 aliphatic carbocycles. The largest absolute Gasteiger partial charge is 0.486 e. The molecule has 3 heterocycles. The minimum Gasteiger partial charge on any atom is -0.486 e. The number of aromatic nitrogens is 4. The molecule has 0 radical (unpaired) electrons. The second kappa shape index (κ2) is 6.96. The van der Waals surface area contributed by atoms with Crippen molar-refractivity contribution >= 4 is 0 Å². The summed E-state index contributed by atoms with van der Waals surface area (Å²) < 4.78 is 62.1. The van der Waals surface area contributed by atoms with Crippen LogP contribution in [0.5, 0.6) is 5.75 Å². The van der Waals surface area contributed by atoms with Crippen LogP contribution in [0.25, 0.3) is 0 Å². The van der Waals surface area contributed by atoms with Gasteiger partial charge in [-0.1, -0.05) is 0 Å². The van der Waals surface area contributed by atoms with E-state index in [1.807, 2.05) is 0 Å². The van der Waals surface area contributed by atoms with E-state index in [1.54, 1.807) is 0 Å². The van der Waals surface area contributed by atoms with Crippen molar-refractivity contribution in [2.24, 2.45) is 0 Å². The van der Waals surface area contributed by atoms with Gasteiger partial charge in [0.25, 0.3) is 0 Å². The molecule has 1 aromatic carbocycles. The predicted molar refractivity (Wildman–Crippen MR) is 96.1 cm³/mol. The summed E-state index contributed by atoms with van der Waals surface area (Å²) in [4.78, 5) is 16.3. The van der Waals surface area contributed by atoms with Crippen LogP contribution >= 0.6 is 0 Å². The van der Waals surface area contributed by atoms with Gasteiger partial charge in [-0.2, -0.15) is 9.49 Å². The molecule has 1 aliphatic heterocycles. The first kappa shape index (κ1) is 18.8. The molecule has 10 heteroatoms. The molecule has 0 amide bonds. The van der Waals surface area contributed by atoms with Gasteiger partial charge in [-0.25, -0.2) is 27.6 Å². The fraction of sp³-hybridized carbons (Fsp3) is 0.350. The molecule has 2 aliphatic rings. The zero-order valence-corrected chi connectivity index (χ0v) is 15.6. The number of fused-ring (bicyclic) bond motifs is 1. The Bertz CT molecular complexity index is 1170. The molecule has 0 spiro atoms. The lowest BCUT2D eigenvalue weighted by Gasteiger charge is -2.34. The first-order chi connectivity index (χ1) is 14.4. The Morgan fingerprint density at radius 1 is 1.03 bits per heavy atom. The number of nitrogens with zero attached hydrogens (tertiary/aromatic N) is 4. The van der Waals surface area contributed by atoms with E-state index >= 15 is 0 Å². The highest BCUT2D eigenvalue weighted by atomic mass is 19.1. The third kappa shape index (κ3) is 3.16. The second-order valence-corrected chi connectivity index (χ2v) is 7.57. The SMILES string of the molecule is O=c1n2c(nn1[C@H]1C[C@H](Oc3cnc(F)cc3F)C1)CC[C@H]2c1cc(F)cc(F)c1. The number of rotatable bonds is 4. The third-order valence-electron chi connectivity index (χ3n) is 5.62. The summed E-state index contributed by atoms with van der Waals surface area (Å²) in [6, 6.07) is 3.18. The first-order valence-corrected chi connectivity index (χ1v) is 9.52. The topological polar surface area (TPSA) is 61.9 Å². The molecule has 5 rings (SSSR count). The minimum atomic E-state index is -0.932. The smallest absolute Gasteiger partial charge is 0.346 e. The molecular weight excluding hydrogens is 404 g/mol. The molecule has 0 bridgehead atoms. The predicted octanol–water partition coefficient (Wildman–Crippen LogP) is 3.31. The number of halogens is 4. The molecule has 30 heavy (non-hydrogen) atoms. The van der Waals surface area contributed by atoms with E-state index in [-0.39, 0.29) is 23.6 Å². The molecule has 0 saturated heterocycles. The maximum atomic E-state index is 13.7. The van der Waals surface area contributed by atoms with Gasteiger partial charge in [-0.05, 0) is 24.1 Å². The van der Waals surface area contributed by atoms with Crippen LogP contribution in [0.3, 0.4) is 0 Å². The van der Waals surface area contributed by atoms with Crippen molar-refractivity contribution in [3.8, 4) is 5.75 Å². The van der Waals surface area contributed by atoms with E-state index in [4.69, 9.17) is 4.74 Å². The van der Waals surface area contributed by atoms with E-state index in [2.05, 4.69) is 10.1 Å². The van der Waals surface area contributed by atoms with E-state index in [0.29, 0.717) is 43.1 Å². The Kier molecular flexibility index (Phi) is 4.37. The van der Waals surface area contributed by atoms with E-state index < -0.39 is 29.4 Å². The Morgan fingerprint density at radius 3 is 2.47 bits per heavy atom. The fourth-order valence-corrected chi connectivity index (χ4v) is 4.13. The van der Waals surface area contributed by atoms with Gasteiger partial charge in [-0.15, -0.1) is 0 Å². The Morgan fingerprint density at radius 2 is 1.77 bits per heavy atom. The quantitative estimate of drug-likeness (QED) is 0.480. The summed E-state index contributed by atoms with van der Waals surface area (Å²) in [6.45, 7) is 0. The van der Waals surface area contributed by atoms with Crippen LogP contribution in [0.1, 0.15) is 42.7 Å². The normalized spacial score (nSPS) is 22.6. The molecule has 156 valence electrons. The molecule has 0 N–H and O–H groups in total. The van der Waals surface area contributed by atoms with Crippen LogP contribution in [-0.2, 0) is 6.42 Å². The third-order valence-corrected chi connectivity index (χ3v) is 5.62. The van der Waals surface area contributed by atoms with E-state index in [0.717, 1.165) is 12.3 Å². The highest BCUT2D eigenvalue weighted by Gasteiger charge is 2.38. The zero-order chi connectivity index (χ0) is 21.0. The number of hydrogen-bond donors (Lipinski definition) is 0. The standard InChI is InChI=1S/C20H16F4N4O2/c21-11-3-10(4-12(22)5-11)16-1-2-19-26-28(20(29)27(16)19)13-6-14(7-13)30-17-9-25-18(24)8-15(17)23/h3-5,8-9,13-14,16H,1-2,6-7H2/t13-,14-,16-/m0/s1. The van der Waals surface area contributed by atoms with Gasteiger partial charge >= 0.3 is 5.69 Å².